The fourth-order valence-electron chi connectivity index (χ4n) is 0.720. The van der Waals surface area contributed by atoms with E-state index < -0.39 is 0 Å². The van der Waals surface area contributed by atoms with E-state index in [2.05, 4.69) is 22.9 Å². The van der Waals surface area contributed by atoms with Crippen LogP contribution in [-0.2, 0) is 4.79 Å². The van der Waals surface area contributed by atoms with Gasteiger partial charge in [-0.25, -0.2) is 0 Å². The van der Waals surface area contributed by atoms with Gasteiger partial charge in [0.25, 0.3) is 0 Å². The number of hydrogen-bond acceptors (Lipinski definition) is 2. The molecule has 0 spiro atoms. The minimum atomic E-state index is -0.231. The smallest absolute Gasteiger partial charge is 0.170 e. The maximum Gasteiger partial charge on any atom is 0.170 e. The normalized spacial score (nSPS) is 9.50. The number of ether oxygens (including phenoxy) is 1. The quantitative estimate of drug-likeness (QED) is 0.792. The van der Waals surface area contributed by atoms with Gasteiger partial charge >= 0.3 is 0 Å². The van der Waals surface area contributed by atoms with Crippen LogP contribution in [0.3, 0.4) is 0 Å². The fraction of sp³-hybridized carbons (Fsp3) is 0.111. The topological polar surface area (TPSA) is 26.3 Å². The SMILES string of the molecule is [CH2]C(=O)COc1ccccc1Br. The van der Waals surface area contributed by atoms with Crippen LogP contribution >= 0.6 is 15.9 Å². The van der Waals surface area contributed by atoms with E-state index in [1.54, 1.807) is 6.07 Å². The first kappa shape index (κ1) is 9.26. The van der Waals surface area contributed by atoms with Gasteiger partial charge < -0.3 is 4.74 Å². The molecule has 0 atom stereocenters. The van der Waals surface area contributed by atoms with Crippen molar-refractivity contribution in [2.75, 3.05) is 6.61 Å². The first-order valence-electron chi connectivity index (χ1n) is 3.42. The lowest BCUT2D eigenvalue weighted by Gasteiger charge is -2.04. The minimum Gasteiger partial charge on any atom is -0.485 e. The summed E-state index contributed by atoms with van der Waals surface area (Å²) in [5.41, 5.74) is 0. The Labute approximate surface area is 79.7 Å². The zero-order valence-corrected chi connectivity index (χ0v) is 8.00. The third-order valence-electron chi connectivity index (χ3n) is 1.23. The third kappa shape index (κ3) is 2.66. The number of carbonyl (C=O) groups excluding carboxylic acids is 1. The first-order chi connectivity index (χ1) is 5.70. The van der Waals surface area contributed by atoms with Gasteiger partial charge in [0.05, 0.1) is 4.47 Å². The van der Waals surface area contributed by atoms with Crippen LogP contribution in [-0.4, -0.2) is 12.4 Å². The van der Waals surface area contributed by atoms with E-state index in [1.165, 1.54) is 0 Å². The summed E-state index contributed by atoms with van der Waals surface area (Å²) in [6.07, 6.45) is 0. The lowest BCUT2D eigenvalue weighted by molar-refractivity contribution is -0.116. The van der Waals surface area contributed by atoms with E-state index >= 15 is 0 Å². The van der Waals surface area contributed by atoms with Crippen LogP contribution in [0.15, 0.2) is 28.7 Å². The molecule has 0 saturated carbocycles. The summed E-state index contributed by atoms with van der Waals surface area (Å²) in [6.45, 7) is 3.22. The number of benzene rings is 1. The van der Waals surface area contributed by atoms with Crippen molar-refractivity contribution >= 4 is 21.7 Å². The molecule has 12 heavy (non-hydrogen) atoms. The van der Waals surface area contributed by atoms with Crippen molar-refractivity contribution in [3.05, 3.63) is 35.7 Å². The van der Waals surface area contributed by atoms with Crippen LogP contribution < -0.4 is 4.74 Å². The molecule has 1 aromatic rings. The molecule has 0 heterocycles. The number of ketones is 1. The molecule has 0 fully saturated rings. The van der Waals surface area contributed by atoms with E-state index in [0.717, 1.165) is 4.47 Å². The van der Waals surface area contributed by atoms with Crippen molar-refractivity contribution in [1.29, 1.82) is 0 Å². The predicted molar refractivity (Wildman–Crippen MR) is 50.0 cm³/mol. The lowest BCUT2D eigenvalue weighted by Crippen LogP contribution is -2.06. The summed E-state index contributed by atoms with van der Waals surface area (Å²) in [5.74, 6) is 0.431. The average Bonchev–Trinajstić information content (AvgIpc) is 2.03. The highest BCUT2D eigenvalue weighted by molar-refractivity contribution is 9.10. The summed E-state index contributed by atoms with van der Waals surface area (Å²) in [7, 11) is 0. The molecule has 0 bridgehead atoms. The van der Waals surface area contributed by atoms with Gasteiger partial charge in [0.15, 0.2) is 5.78 Å². The third-order valence-corrected chi connectivity index (χ3v) is 1.88. The van der Waals surface area contributed by atoms with Crippen molar-refractivity contribution in [1.82, 2.24) is 0 Å². The van der Waals surface area contributed by atoms with Crippen molar-refractivity contribution in [3.63, 3.8) is 0 Å². The van der Waals surface area contributed by atoms with Gasteiger partial charge in [-0.3, -0.25) is 4.79 Å². The lowest BCUT2D eigenvalue weighted by atomic mass is 10.3. The zero-order chi connectivity index (χ0) is 8.97. The van der Waals surface area contributed by atoms with Crippen LogP contribution in [0.1, 0.15) is 0 Å². The second-order valence-corrected chi connectivity index (χ2v) is 3.11. The van der Waals surface area contributed by atoms with E-state index in [0.29, 0.717) is 5.75 Å². The molecule has 1 rings (SSSR count). The molecule has 0 amide bonds. The number of rotatable bonds is 3. The van der Waals surface area contributed by atoms with Crippen molar-refractivity contribution < 1.29 is 9.53 Å². The molecule has 0 aliphatic rings. The first-order valence-corrected chi connectivity index (χ1v) is 4.21. The highest BCUT2D eigenvalue weighted by Crippen LogP contribution is 2.23. The Hall–Kier alpha value is -0.830. The van der Waals surface area contributed by atoms with Gasteiger partial charge in [0, 0.05) is 6.92 Å². The highest BCUT2D eigenvalue weighted by atomic mass is 79.9. The second-order valence-electron chi connectivity index (χ2n) is 2.26. The number of hydrogen-bond donors (Lipinski definition) is 0. The molecule has 0 aromatic heterocycles. The number of carbonyl (C=O) groups is 1. The Morgan fingerprint density at radius 3 is 2.75 bits per heavy atom. The van der Waals surface area contributed by atoms with Crippen LogP contribution in [0.5, 0.6) is 5.75 Å². The van der Waals surface area contributed by atoms with Gasteiger partial charge in [-0.2, -0.15) is 0 Å². The van der Waals surface area contributed by atoms with Gasteiger partial charge in [-0.15, -0.1) is 0 Å². The molecule has 0 aliphatic carbocycles. The number of Topliss-reactive ketones (excluding diaryl/α,β-unsaturated/α-hetero) is 1. The molecular weight excluding hydrogens is 220 g/mol. The average molecular weight is 228 g/mol. The molecule has 0 saturated heterocycles. The van der Waals surface area contributed by atoms with E-state index in [9.17, 15) is 4.79 Å². The van der Waals surface area contributed by atoms with Gasteiger partial charge in [0.2, 0.25) is 0 Å². The molecule has 1 radical (unpaired) electrons. The zero-order valence-electron chi connectivity index (χ0n) is 6.42. The fourth-order valence-corrected chi connectivity index (χ4v) is 1.12. The molecular formula is C9H8BrO2. The Morgan fingerprint density at radius 1 is 1.50 bits per heavy atom. The Balaban J connectivity index is 2.63. The molecule has 0 aliphatic heterocycles. The highest BCUT2D eigenvalue weighted by Gasteiger charge is 1.99. The van der Waals surface area contributed by atoms with Gasteiger partial charge in [-0.1, -0.05) is 12.1 Å². The van der Waals surface area contributed by atoms with Crippen molar-refractivity contribution in [3.8, 4) is 5.75 Å². The van der Waals surface area contributed by atoms with Gasteiger partial charge in [0.1, 0.15) is 12.4 Å². The summed E-state index contributed by atoms with van der Waals surface area (Å²) in [4.78, 5) is 10.5. The Kier molecular flexibility index (Phi) is 3.29. The standard InChI is InChI=1S/C9H8BrO2/c1-7(11)6-12-9-5-3-2-4-8(9)10/h2-5H,1,6H2. The molecule has 0 N–H and O–H groups in total. The summed E-state index contributed by atoms with van der Waals surface area (Å²) in [5, 5.41) is 0. The van der Waals surface area contributed by atoms with Crippen LogP contribution in [0, 0.1) is 6.92 Å². The molecule has 3 heteroatoms. The Bertz CT molecular complexity index is 284. The van der Waals surface area contributed by atoms with E-state index in [4.69, 9.17) is 4.74 Å². The number of para-hydroxylation sites is 1. The predicted octanol–water partition coefficient (Wildman–Crippen LogP) is 2.23. The van der Waals surface area contributed by atoms with Crippen LogP contribution in [0.2, 0.25) is 0 Å². The summed E-state index contributed by atoms with van der Waals surface area (Å²) >= 11 is 3.29. The van der Waals surface area contributed by atoms with Crippen molar-refractivity contribution in [2.45, 2.75) is 0 Å². The second kappa shape index (κ2) is 4.26. The molecule has 63 valence electrons. The van der Waals surface area contributed by atoms with Gasteiger partial charge in [-0.05, 0) is 28.1 Å². The minimum absolute atomic E-state index is 0.0165. The number of halogens is 1. The monoisotopic (exact) mass is 227 g/mol. The van der Waals surface area contributed by atoms with E-state index in [1.807, 2.05) is 18.2 Å². The maximum atomic E-state index is 10.5. The summed E-state index contributed by atoms with van der Waals surface area (Å²) < 4.78 is 5.98. The molecule has 2 nitrogen and oxygen atoms in total. The van der Waals surface area contributed by atoms with E-state index in [-0.39, 0.29) is 12.4 Å². The van der Waals surface area contributed by atoms with Crippen molar-refractivity contribution in [2.24, 2.45) is 0 Å². The van der Waals surface area contributed by atoms with Crippen LogP contribution in [0.4, 0.5) is 0 Å². The maximum absolute atomic E-state index is 10.5. The Morgan fingerprint density at radius 2 is 2.17 bits per heavy atom. The van der Waals surface area contributed by atoms with Crippen LogP contribution in [0.25, 0.3) is 0 Å². The molecule has 1 aromatic carbocycles. The largest absolute Gasteiger partial charge is 0.485 e. The molecule has 0 unspecified atom stereocenters. The summed E-state index contributed by atoms with van der Waals surface area (Å²) in [6, 6.07) is 7.35.